The summed E-state index contributed by atoms with van der Waals surface area (Å²) in [5, 5.41) is 9.09. The lowest BCUT2D eigenvalue weighted by atomic mass is 9.92. The Kier molecular flexibility index (Phi) is 4.47. The number of hydrogen-bond acceptors (Lipinski definition) is 4. The van der Waals surface area contributed by atoms with Crippen LogP contribution in [-0.2, 0) is 0 Å². The molecule has 0 spiro atoms. The van der Waals surface area contributed by atoms with Gasteiger partial charge in [-0.3, -0.25) is 4.98 Å². The Morgan fingerprint density at radius 3 is 2.76 bits per heavy atom. The lowest BCUT2D eigenvalue weighted by molar-refractivity contribution is 0.379. The van der Waals surface area contributed by atoms with Crippen molar-refractivity contribution >= 4 is 5.69 Å². The van der Waals surface area contributed by atoms with E-state index in [0.29, 0.717) is 12.1 Å². The summed E-state index contributed by atoms with van der Waals surface area (Å²) in [6.07, 6.45) is 3.39. The molecule has 0 saturated heterocycles. The fourth-order valence-corrected chi connectivity index (χ4v) is 1.68. The Morgan fingerprint density at radius 2 is 2.24 bits per heavy atom. The molecule has 0 aliphatic rings. The van der Waals surface area contributed by atoms with Gasteiger partial charge in [-0.15, -0.1) is 0 Å². The first kappa shape index (κ1) is 13.5. The summed E-state index contributed by atoms with van der Waals surface area (Å²) in [4.78, 5) is 6.25. The van der Waals surface area contributed by atoms with Crippen LogP contribution < -0.4 is 10.6 Å². The fraction of sp³-hybridized carbons (Fsp3) is 0.538. The van der Waals surface area contributed by atoms with Crippen molar-refractivity contribution in [3.05, 3.63) is 24.0 Å². The highest BCUT2D eigenvalue weighted by Gasteiger charge is 2.21. The van der Waals surface area contributed by atoms with Crippen LogP contribution in [0.3, 0.4) is 0 Å². The summed E-state index contributed by atoms with van der Waals surface area (Å²) in [5.41, 5.74) is 7.33. The van der Waals surface area contributed by atoms with Crippen LogP contribution in [0.2, 0.25) is 0 Å². The number of aromatic nitrogens is 1. The second-order valence-corrected chi connectivity index (χ2v) is 4.89. The van der Waals surface area contributed by atoms with E-state index in [1.165, 1.54) is 0 Å². The minimum absolute atomic E-state index is 0.0264. The summed E-state index contributed by atoms with van der Waals surface area (Å²) < 4.78 is 0. The van der Waals surface area contributed by atoms with Crippen molar-refractivity contribution in [1.82, 2.24) is 4.98 Å². The van der Waals surface area contributed by atoms with Crippen LogP contribution in [0.25, 0.3) is 0 Å². The van der Waals surface area contributed by atoms with Crippen LogP contribution in [0.5, 0.6) is 0 Å². The number of nitriles is 1. The third-order valence-electron chi connectivity index (χ3n) is 2.81. The molecule has 0 unspecified atom stereocenters. The van der Waals surface area contributed by atoms with E-state index in [1.54, 1.807) is 18.5 Å². The predicted molar refractivity (Wildman–Crippen MR) is 69.7 cm³/mol. The van der Waals surface area contributed by atoms with Gasteiger partial charge in [-0.2, -0.15) is 5.26 Å². The highest BCUT2D eigenvalue weighted by atomic mass is 15.1. The maximum absolute atomic E-state index is 9.09. The Morgan fingerprint density at radius 1 is 1.53 bits per heavy atom. The Bertz CT molecular complexity index is 406. The van der Waals surface area contributed by atoms with E-state index >= 15 is 0 Å². The molecule has 0 amide bonds. The van der Waals surface area contributed by atoms with Gasteiger partial charge in [0.05, 0.1) is 17.4 Å². The molecule has 0 saturated carbocycles. The number of pyridine rings is 1. The zero-order valence-corrected chi connectivity index (χ0v) is 10.8. The third kappa shape index (κ3) is 3.43. The van der Waals surface area contributed by atoms with Crippen molar-refractivity contribution in [2.24, 2.45) is 11.1 Å². The standard InChI is InChI=1S/C13H20N4/c1-4-17(10-13(2,3)9-15)12-8-16-6-5-11(12)7-14/h5-6,8H,4,9-10,15H2,1-3H3. The van der Waals surface area contributed by atoms with Crippen LogP contribution in [0.4, 0.5) is 5.69 Å². The van der Waals surface area contributed by atoms with Gasteiger partial charge >= 0.3 is 0 Å². The van der Waals surface area contributed by atoms with Gasteiger partial charge in [0, 0.05) is 19.3 Å². The molecule has 1 aromatic heterocycles. The molecule has 1 heterocycles. The molecule has 4 heteroatoms. The van der Waals surface area contributed by atoms with Crippen LogP contribution in [0.15, 0.2) is 18.5 Å². The van der Waals surface area contributed by atoms with Gasteiger partial charge in [0.15, 0.2) is 0 Å². The van der Waals surface area contributed by atoms with E-state index in [-0.39, 0.29) is 5.41 Å². The lowest BCUT2D eigenvalue weighted by Gasteiger charge is -2.32. The zero-order chi connectivity index (χ0) is 12.9. The first-order valence-corrected chi connectivity index (χ1v) is 5.83. The molecule has 92 valence electrons. The van der Waals surface area contributed by atoms with Gasteiger partial charge in [0.25, 0.3) is 0 Å². The quantitative estimate of drug-likeness (QED) is 0.840. The van der Waals surface area contributed by atoms with Crippen molar-refractivity contribution in [1.29, 1.82) is 5.26 Å². The van der Waals surface area contributed by atoms with Crippen LogP contribution in [0.1, 0.15) is 26.3 Å². The SMILES string of the molecule is CCN(CC(C)(C)CN)c1cnccc1C#N. The van der Waals surface area contributed by atoms with Gasteiger partial charge in [0.1, 0.15) is 6.07 Å². The zero-order valence-electron chi connectivity index (χ0n) is 10.8. The van der Waals surface area contributed by atoms with Crippen LogP contribution >= 0.6 is 0 Å². The average Bonchev–Trinajstić information content (AvgIpc) is 2.36. The highest BCUT2D eigenvalue weighted by Crippen LogP contribution is 2.23. The molecule has 0 aromatic carbocycles. The molecule has 1 aromatic rings. The minimum Gasteiger partial charge on any atom is -0.369 e. The Labute approximate surface area is 103 Å². The first-order valence-electron chi connectivity index (χ1n) is 5.83. The predicted octanol–water partition coefficient (Wildman–Crippen LogP) is 1.76. The Hall–Kier alpha value is -1.60. The second kappa shape index (κ2) is 5.65. The summed E-state index contributed by atoms with van der Waals surface area (Å²) in [7, 11) is 0. The second-order valence-electron chi connectivity index (χ2n) is 4.89. The molecule has 0 radical (unpaired) electrons. The fourth-order valence-electron chi connectivity index (χ4n) is 1.68. The molecule has 1 rings (SSSR count). The van der Waals surface area contributed by atoms with Crippen molar-refractivity contribution in [2.45, 2.75) is 20.8 Å². The molecule has 0 fully saturated rings. The minimum atomic E-state index is 0.0264. The van der Waals surface area contributed by atoms with Crippen molar-refractivity contribution in [3.63, 3.8) is 0 Å². The largest absolute Gasteiger partial charge is 0.369 e. The van der Waals surface area contributed by atoms with E-state index in [2.05, 4.69) is 36.7 Å². The van der Waals surface area contributed by atoms with Gasteiger partial charge in [0.2, 0.25) is 0 Å². The molecule has 0 atom stereocenters. The first-order chi connectivity index (χ1) is 8.04. The number of hydrogen-bond donors (Lipinski definition) is 1. The molecule has 0 bridgehead atoms. The normalized spacial score (nSPS) is 11.0. The van der Waals surface area contributed by atoms with Gasteiger partial charge < -0.3 is 10.6 Å². The summed E-state index contributed by atoms with van der Waals surface area (Å²) in [6.45, 7) is 8.59. The summed E-state index contributed by atoms with van der Waals surface area (Å²) in [6, 6.07) is 3.94. The number of nitrogens with two attached hydrogens (primary N) is 1. The maximum atomic E-state index is 9.09. The van der Waals surface area contributed by atoms with Crippen molar-refractivity contribution in [2.75, 3.05) is 24.5 Å². The molecule has 17 heavy (non-hydrogen) atoms. The molecule has 0 aliphatic heterocycles. The maximum Gasteiger partial charge on any atom is 0.101 e. The molecular weight excluding hydrogens is 212 g/mol. The molecule has 2 N–H and O–H groups in total. The van der Waals surface area contributed by atoms with E-state index in [1.807, 2.05) is 0 Å². The van der Waals surface area contributed by atoms with Crippen molar-refractivity contribution in [3.8, 4) is 6.07 Å². The molecule has 4 nitrogen and oxygen atoms in total. The lowest BCUT2D eigenvalue weighted by Crippen LogP contribution is -2.39. The number of rotatable bonds is 5. The van der Waals surface area contributed by atoms with Crippen LogP contribution in [0, 0.1) is 16.7 Å². The van der Waals surface area contributed by atoms with Crippen LogP contribution in [-0.4, -0.2) is 24.6 Å². The third-order valence-corrected chi connectivity index (χ3v) is 2.81. The average molecular weight is 232 g/mol. The molecular formula is C13H20N4. The van der Waals surface area contributed by atoms with Gasteiger partial charge in [-0.05, 0) is 24.9 Å². The smallest absolute Gasteiger partial charge is 0.101 e. The topological polar surface area (TPSA) is 65.9 Å². The number of anilines is 1. The van der Waals surface area contributed by atoms with Gasteiger partial charge in [-0.25, -0.2) is 0 Å². The van der Waals surface area contributed by atoms with Gasteiger partial charge in [-0.1, -0.05) is 13.8 Å². The molecule has 0 aliphatic carbocycles. The van der Waals surface area contributed by atoms with E-state index in [0.717, 1.165) is 18.8 Å². The van der Waals surface area contributed by atoms with E-state index in [4.69, 9.17) is 11.0 Å². The Balaban J connectivity index is 2.99. The summed E-state index contributed by atoms with van der Waals surface area (Å²) in [5.74, 6) is 0. The summed E-state index contributed by atoms with van der Waals surface area (Å²) >= 11 is 0. The van der Waals surface area contributed by atoms with Crippen molar-refractivity contribution < 1.29 is 0 Å². The van der Waals surface area contributed by atoms with E-state index < -0.39 is 0 Å². The van der Waals surface area contributed by atoms with E-state index in [9.17, 15) is 0 Å². The highest BCUT2D eigenvalue weighted by molar-refractivity contribution is 5.57. The monoisotopic (exact) mass is 232 g/mol. The number of nitrogens with zero attached hydrogens (tertiary/aromatic N) is 3.